The number of hydrogen-bond donors (Lipinski definition) is 2. The number of aromatic nitrogens is 1. The molecule has 25 heavy (non-hydrogen) atoms. The molecule has 7 heteroatoms. The predicted octanol–water partition coefficient (Wildman–Crippen LogP) is 3.03. The third-order valence-corrected chi connectivity index (χ3v) is 4.37. The number of rotatable bonds is 5. The van der Waals surface area contributed by atoms with Crippen molar-refractivity contribution in [3.8, 4) is 0 Å². The Balaban J connectivity index is 1.82. The van der Waals surface area contributed by atoms with Gasteiger partial charge in [-0.25, -0.2) is 4.39 Å². The molecule has 6 nitrogen and oxygen atoms in total. The van der Waals surface area contributed by atoms with Gasteiger partial charge in [0.25, 0.3) is 5.91 Å². The fraction of sp³-hybridized carbons (Fsp3) is 0.389. The molecule has 0 spiro atoms. The van der Waals surface area contributed by atoms with Crippen molar-refractivity contribution in [3.05, 3.63) is 52.7 Å². The lowest BCUT2D eigenvalue weighted by Gasteiger charge is -2.17. The van der Waals surface area contributed by atoms with Crippen LogP contribution in [-0.2, 0) is 17.6 Å². The van der Waals surface area contributed by atoms with Gasteiger partial charge in [-0.2, -0.15) is 0 Å². The molecule has 0 aliphatic heterocycles. The van der Waals surface area contributed by atoms with Crippen LogP contribution in [0.3, 0.4) is 0 Å². The van der Waals surface area contributed by atoms with Gasteiger partial charge in [-0.05, 0) is 37.0 Å². The summed E-state index contributed by atoms with van der Waals surface area (Å²) in [4.78, 5) is 23.8. The maximum Gasteiger partial charge on any atom is 0.305 e. The zero-order valence-corrected chi connectivity index (χ0v) is 13.6. The van der Waals surface area contributed by atoms with Gasteiger partial charge in [-0.1, -0.05) is 23.7 Å². The SMILES string of the molecule is O=C(O)CC(NC(=O)c1noc2c1CCCCC2)c1ccc(F)cc1. The van der Waals surface area contributed by atoms with Crippen molar-refractivity contribution in [1.82, 2.24) is 10.5 Å². The van der Waals surface area contributed by atoms with E-state index in [0.717, 1.165) is 43.4 Å². The lowest BCUT2D eigenvalue weighted by atomic mass is 10.0. The third kappa shape index (κ3) is 4.04. The van der Waals surface area contributed by atoms with Crippen molar-refractivity contribution < 1.29 is 23.6 Å². The molecular formula is C18H19FN2O4. The Morgan fingerprint density at radius 1 is 1.20 bits per heavy atom. The molecule has 3 rings (SSSR count). The van der Waals surface area contributed by atoms with Crippen LogP contribution in [0.1, 0.15) is 59.1 Å². The Hall–Kier alpha value is -2.70. The van der Waals surface area contributed by atoms with Crippen LogP contribution in [0.25, 0.3) is 0 Å². The van der Waals surface area contributed by atoms with Crippen LogP contribution in [0.5, 0.6) is 0 Å². The summed E-state index contributed by atoms with van der Waals surface area (Å²) in [6.45, 7) is 0. The molecule has 1 heterocycles. The standard InChI is InChI=1S/C18H19FN2O4/c19-12-8-6-11(7-9-12)14(10-16(22)23)20-18(24)17-13-4-2-1-3-5-15(13)25-21-17/h6-9,14H,1-5,10H2,(H,20,24)(H,22,23). The minimum Gasteiger partial charge on any atom is -0.481 e. The summed E-state index contributed by atoms with van der Waals surface area (Å²) in [7, 11) is 0. The van der Waals surface area contributed by atoms with E-state index in [-0.39, 0.29) is 12.1 Å². The molecule has 0 saturated heterocycles. The van der Waals surface area contributed by atoms with Crippen molar-refractivity contribution in [2.24, 2.45) is 0 Å². The Morgan fingerprint density at radius 2 is 1.92 bits per heavy atom. The summed E-state index contributed by atoms with van der Waals surface area (Å²) in [5.74, 6) is -1.22. The molecule has 0 radical (unpaired) electrons. The molecule has 1 aromatic carbocycles. The highest BCUT2D eigenvalue weighted by Gasteiger charge is 2.26. The second-order valence-corrected chi connectivity index (χ2v) is 6.17. The van der Waals surface area contributed by atoms with Crippen LogP contribution >= 0.6 is 0 Å². The van der Waals surface area contributed by atoms with Gasteiger partial charge < -0.3 is 14.9 Å². The summed E-state index contributed by atoms with van der Waals surface area (Å²) < 4.78 is 18.4. The number of aryl methyl sites for hydroxylation is 1. The van der Waals surface area contributed by atoms with Crippen LogP contribution < -0.4 is 5.32 Å². The Morgan fingerprint density at radius 3 is 2.64 bits per heavy atom. The van der Waals surface area contributed by atoms with Crippen molar-refractivity contribution in [1.29, 1.82) is 0 Å². The van der Waals surface area contributed by atoms with Crippen molar-refractivity contribution in [3.63, 3.8) is 0 Å². The molecule has 1 aromatic heterocycles. The molecule has 1 aliphatic carbocycles. The first-order valence-electron chi connectivity index (χ1n) is 8.30. The highest BCUT2D eigenvalue weighted by Crippen LogP contribution is 2.25. The number of halogens is 1. The maximum atomic E-state index is 13.1. The Labute approximate surface area is 144 Å². The van der Waals surface area contributed by atoms with E-state index in [1.807, 2.05) is 0 Å². The van der Waals surface area contributed by atoms with Gasteiger partial charge in [0.2, 0.25) is 0 Å². The summed E-state index contributed by atoms with van der Waals surface area (Å²) in [5, 5.41) is 15.7. The van der Waals surface area contributed by atoms with Gasteiger partial charge in [0.1, 0.15) is 11.6 Å². The average Bonchev–Trinajstić information content (AvgIpc) is 2.83. The molecule has 2 N–H and O–H groups in total. The number of carboxylic acid groups (broad SMARTS) is 1. The van der Waals surface area contributed by atoms with E-state index in [2.05, 4.69) is 10.5 Å². The summed E-state index contributed by atoms with van der Waals surface area (Å²) >= 11 is 0. The van der Waals surface area contributed by atoms with Crippen molar-refractivity contribution in [2.45, 2.75) is 44.6 Å². The zero-order chi connectivity index (χ0) is 17.8. The largest absolute Gasteiger partial charge is 0.481 e. The lowest BCUT2D eigenvalue weighted by Crippen LogP contribution is -2.31. The zero-order valence-electron chi connectivity index (χ0n) is 13.6. The Bertz CT molecular complexity index is 770. The number of carbonyl (C=O) groups is 2. The molecule has 0 saturated carbocycles. The van der Waals surface area contributed by atoms with Gasteiger partial charge in [0.15, 0.2) is 5.69 Å². The number of amides is 1. The fourth-order valence-electron chi connectivity index (χ4n) is 3.09. The number of fused-ring (bicyclic) bond motifs is 1. The predicted molar refractivity (Wildman–Crippen MR) is 86.6 cm³/mol. The van der Waals surface area contributed by atoms with E-state index in [4.69, 9.17) is 9.63 Å². The van der Waals surface area contributed by atoms with Gasteiger partial charge in [-0.15, -0.1) is 0 Å². The molecule has 1 atom stereocenters. The van der Waals surface area contributed by atoms with E-state index < -0.39 is 23.7 Å². The molecule has 0 fully saturated rings. The molecule has 2 aromatic rings. The highest BCUT2D eigenvalue weighted by atomic mass is 19.1. The summed E-state index contributed by atoms with van der Waals surface area (Å²) in [5.41, 5.74) is 1.55. The van der Waals surface area contributed by atoms with E-state index >= 15 is 0 Å². The number of nitrogens with zero attached hydrogens (tertiary/aromatic N) is 1. The number of benzene rings is 1. The van der Waals surface area contributed by atoms with Crippen LogP contribution in [0.2, 0.25) is 0 Å². The van der Waals surface area contributed by atoms with E-state index in [0.29, 0.717) is 5.56 Å². The highest BCUT2D eigenvalue weighted by molar-refractivity contribution is 5.94. The maximum absolute atomic E-state index is 13.1. The Kier molecular flexibility index (Phi) is 5.11. The topological polar surface area (TPSA) is 92.4 Å². The van der Waals surface area contributed by atoms with E-state index in [1.54, 1.807) is 0 Å². The number of aliphatic carboxylic acids is 1. The quantitative estimate of drug-likeness (QED) is 0.812. The fourth-order valence-corrected chi connectivity index (χ4v) is 3.09. The minimum atomic E-state index is -1.06. The van der Waals surface area contributed by atoms with Gasteiger partial charge in [0, 0.05) is 12.0 Å². The molecule has 132 valence electrons. The van der Waals surface area contributed by atoms with Crippen LogP contribution in [0, 0.1) is 5.82 Å². The molecule has 1 amide bonds. The van der Waals surface area contributed by atoms with Crippen molar-refractivity contribution in [2.75, 3.05) is 0 Å². The number of nitrogens with one attached hydrogen (secondary N) is 1. The molecule has 1 unspecified atom stereocenters. The van der Waals surface area contributed by atoms with Crippen LogP contribution in [0.15, 0.2) is 28.8 Å². The normalized spacial score (nSPS) is 15.1. The summed E-state index contributed by atoms with van der Waals surface area (Å²) in [6, 6.07) is 4.62. The van der Waals surface area contributed by atoms with Crippen molar-refractivity contribution >= 4 is 11.9 Å². The number of carbonyl (C=O) groups excluding carboxylic acids is 1. The average molecular weight is 346 g/mol. The smallest absolute Gasteiger partial charge is 0.305 e. The number of carboxylic acids is 1. The molecular weight excluding hydrogens is 327 g/mol. The first-order valence-corrected chi connectivity index (χ1v) is 8.30. The lowest BCUT2D eigenvalue weighted by molar-refractivity contribution is -0.137. The monoisotopic (exact) mass is 346 g/mol. The van der Waals surface area contributed by atoms with Crippen LogP contribution in [0.4, 0.5) is 4.39 Å². The third-order valence-electron chi connectivity index (χ3n) is 4.37. The van der Waals surface area contributed by atoms with E-state index in [1.165, 1.54) is 24.3 Å². The second kappa shape index (κ2) is 7.46. The first-order chi connectivity index (χ1) is 12.0. The summed E-state index contributed by atoms with van der Waals surface area (Å²) in [6.07, 6.45) is 4.21. The van der Waals surface area contributed by atoms with Gasteiger partial charge >= 0.3 is 5.97 Å². The molecule has 0 bridgehead atoms. The minimum absolute atomic E-state index is 0.217. The van der Waals surface area contributed by atoms with E-state index in [9.17, 15) is 14.0 Å². The van der Waals surface area contributed by atoms with Gasteiger partial charge in [0.05, 0.1) is 12.5 Å². The molecule has 1 aliphatic rings. The van der Waals surface area contributed by atoms with Gasteiger partial charge in [-0.3, -0.25) is 9.59 Å². The first kappa shape index (κ1) is 17.1. The second-order valence-electron chi connectivity index (χ2n) is 6.17. The van der Waals surface area contributed by atoms with Crippen LogP contribution in [-0.4, -0.2) is 22.1 Å². The number of hydrogen-bond acceptors (Lipinski definition) is 4.